The Balaban J connectivity index is 1.95. The minimum absolute atomic E-state index is 0.647. The summed E-state index contributed by atoms with van der Waals surface area (Å²) in [4.78, 5) is 4.00. The molecule has 0 aliphatic rings. The van der Waals surface area contributed by atoms with Gasteiger partial charge in [-0.25, -0.2) is 4.98 Å². The van der Waals surface area contributed by atoms with Crippen LogP contribution in [0.15, 0.2) is 18.7 Å². The average molecular weight is 213 g/mol. The predicted molar refractivity (Wildman–Crippen MR) is 62.4 cm³/mol. The van der Waals surface area contributed by atoms with Crippen LogP contribution < -0.4 is 5.73 Å². The van der Waals surface area contributed by atoms with E-state index in [0.717, 1.165) is 13.1 Å². The predicted octanol–water partition coefficient (Wildman–Crippen LogP) is 1.60. The molecule has 1 aromatic rings. The molecule has 0 radical (unpaired) electrons. The van der Waals surface area contributed by atoms with Crippen molar-refractivity contribution in [1.29, 1.82) is 0 Å². The Bertz CT molecular complexity index is 223. The fourth-order valence-electron chi connectivity index (χ4n) is 1.12. The standard InChI is InChI=1S/C10H19N3S/c1-10(7-11)8-14-6-2-4-13-5-3-12-9-13/h3,5,9-10H,2,4,6-8,11H2,1H3. The molecule has 3 nitrogen and oxygen atoms in total. The second kappa shape index (κ2) is 6.90. The van der Waals surface area contributed by atoms with Crippen LogP contribution >= 0.6 is 11.8 Å². The zero-order valence-corrected chi connectivity index (χ0v) is 9.54. The van der Waals surface area contributed by atoms with Gasteiger partial charge in [0, 0.05) is 18.9 Å². The summed E-state index contributed by atoms with van der Waals surface area (Å²) in [5, 5.41) is 0. The van der Waals surface area contributed by atoms with Crippen LogP contribution in [-0.4, -0.2) is 27.6 Å². The highest BCUT2D eigenvalue weighted by Crippen LogP contribution is 2.08. The number of thioether (sulfide) groups is 1. The van der Waals surface area contributed by atoms with Crippen LogP contribution in [0.5, 0.6) is 0 Å². The van der Waals surface area contributed by atoms with E-state index in [1.54, 1.807) is 0 Å². The number of nitrogens with two attached hydrogens (primary N) is 1. The van der Waals surface area contributed by atoms with Crippen molar-refractivity contribution in [3.8, 4) is 0 Å². The number of rotatable bonds is 7. The third-order valence-electron chi connectivity index (χ3n) is 2.07. The first-order chi connectivity index (χ1) is 6.83. The lowest BCUT2D eigenvalue weighted by atomic mass is 10.2. The van der Waals surface area contributed by atoms with Crippen molar-refractivity contribution < 1.29 is 0 Å². The Morgan fingerprint density at radius 1 is 1.57 bits per heavy atom. The van der Waals surface area contributed by atoms with E-state index in [9.17, 15) is 0 Å². The molecule has 0 spiro atoms. The topological polar surface area (TPSA) is 43.8 Å². The summed E-state index contributed by atoms with van der Waals surface area (Å²) in [5.74, 6) is 3.04. The van der Waals surface area contributed by atoms with Crippen molar-refractivity contribution in [2.75, 3.05) is 18.1 Å². The minimum Gasteiger partial charge on any atom is -0.337 e. The number of aryl methyl sites for hydroxylation is 1. The molecule has 1 atom stereocenters. The average Bonchev–Trinajstić information content (AvgIpc) is 2.69. The van der Waals surface area contributed by atoms with Gasteiger partial charge < -0.3 is 10.3 Å². The van der Waals surface area contributed by atoms with E-state index in [-0.39, 0.29) is 0 Å². The first-order valence-corrected chi connectivity index (χ1v) is 6.22. The van der Waals surface area contributed by atoms with Crippen molar-refractivity contribution in [2.45, 2.75) is 19.9 Å². The van der Waals surface area contributed by atoms with Crippen LogP contribution in [0.4, 0.5) is 0 Å². The van der Waals surface area contributed by atoms with Gasteiger partial charge >= 0.3 is 0 Å². The van der Waals surface area contributed by atoms with Crippen LogP contribution in [0.3, 0.4) is 0 Å². The molecular weight excluding hydrogens is 194 g/mol. The van der Waals surface area contributed by atoms with Crippen molar-refractivity contribution in [1.82, 2.24) is 9.55 Å². The molecule has 4 heteroatoms. The number of hydrogen-bond donors (Lipinski definition) is 1. The van der Waals surface area contributed by atoms with Crippen LogP contribution in [-0.2, 0) is 6.54 Å². The van der Waals surface area contributed by atoms with Crippen LogP contribution in [0.2, 0.25) is 0 Å². The van der Waals surface area contributed by atoms with Crippen LogP contribution in [0.1, 0.15) is 13.3 Å². The summed E-state index contributed by atoms with van der Waals surface area (Å²) in [5.41, 5.74) is 5.54. The Labute approximate surface area is 90.1 Å². The first kappa shape index (κ1) is 11.6. The molecule has 1 unspecified atom stereocenters. The minimum atomic E-state index is 0.647. The molecule has 0 aliphatic carbocycles. The van der Waals surface area contributed by atoms with Crippen molar-refractivity contribution in [3.05, 3.63) is 18.7 Å². The van der Waals surface area contributed by atoms with E-state index in [2.05, 4.69) is 16.5 Å². The van der Waals surface area contributed by atoms with Gasteiger partial charge in [-0.2, -0.15) is 11.8 Å². The van der Waals surface area contributed by atoms with E-state index >= 15 is 0 Å². The fraction of sp³-hybridized carbons (Fsp3) is 0.700. The molecule has 14 heavy (non-hydrogen) atoms. The molecule has 1 aromatic heterocycles. The normalized spacial score (nSPS) is 13.0. The van der Waals surface area contributed by atoms with Gasteiger partial charge in [-0.1, -0.05) is 6.92 Å². The van der Waals surface area contributed by atoms with E-state index in [4.69, 9.17) is 5.73 Å². The van der Waals surface area contributed by atoms with E-state index in [1.165, 1.54) is 17.9 Å². The van der Waals surface area contributed by atoms with Crippen LogP contribution in [0, 0.1) is 5.92 Å². The molecule has 0 saturated carbocycles. The van der Waals surface area contributed by atoms with Gasteiger partial charge in [0.15, 0.2) is 0 Å². The molecule has 0 aliphatic heterocycles. The SMILES string of the molecule is CC(CN)CSCCCn1ccnc1. The highest BCUT2D eigenvalue weighted by molar-refractivity contribution is 7.99. The second-order valence-corrected chi connectivity index (χ2v) is 4.72. The molecular formula is C10H19N3S. The molecule has 0 aromatic carbocycles. The van der Waals surface area contributed by atoms with Gasteiger partial charge in [0.05, 0.1) is 6.33 Å². The zero-order valence-electron chi connectivity index (χ0n) is 8.72. The number of nitrogens with zero attached hydrogens (tertiary/aromatic N) is 2. The van der Waals surface area contributed by atoms with Gasteiger partial charge in [-0.05, 0) is 30.4 Å². The second-order valence-electron chi connectivity index (χ2n) is 3.57. The maximum absolute atomic E-state index is 5.54. The lowest BCUT2D eigenvalue weighted by molar-refractivity contribution is 0.668. The van der Waals surface area contributed by atoms with Crippen molar-refractivity contribution in [2.24, 2.45) is 11.7 Å². The zero-order chi connectivity index (χ0) is 10.2. The molecule has 1 rings (SSSR count). The van der Waals surface area contributed by atoms with E-state index in [1.807, 2.05) is 30.5 Å². The summed E-state index contributed by atoms with van der Waals surface area (Å²) < 4.78 is 2.12. The molecule has 0 saturated heterocycles. The largest absolute Gasteiger partial charge is 0.337 e. The van der Waals surface area contributed by atoms with Gasteiger partial charge in [0.2, 0.25) is 0 Å². The first-order valence-electron chi connectivity index (χ1n) is 5.06. The third-order valence-corrected chi connectivity index (χ3v) is 3.45. The summed E-state index contributed by atoms with van der Waals surface area (Å²) in [6, 6.07) is 0. The van der Waals surface area contributed by atoms with Gasteiger partial charge in [-0.3, -0.25) is 0 Å². The highest BCUT2D eigenvalue weighted by Gasteiger charge is 1.98. The molecule has 0 amide bonds. The highest BCUT2D eigenvalue weighted by atomic mass is 32.2. The van der Waals surface area contributed by atoms with Gasteiger partial charge in [-0.15, -0.1) is 0 Å². The molecule has 80 valence electrons. The van der Waals surface area contributed by atoms with Crippen molar-refractivity contribution in [3.63, 3.8) is 0 Å². The summed E-state index contributed by atoms with van der Waals surface area (Å²) in [7, 11) is 0. The van der Waals surface area contributed by atoms with Gasteiger partial charge in [0.25, 0.3) is 0 Å². The monoisotopic (exact) mass is 213 g/mol. The lowest BCUT2D eigenvalue weighted by Gasteiger charge is -2.07. The number of imidazole rings is 1. The van der Waals surface area contributed by atoms with E-state index in [0.29, 0.717) is 5.92 Å². The summed E-state index contributed by atoms with van der Waals surface area (Å²) in [6.07, 6.45) is 6.91. The Morgan fingerprint density at radius 3 is 3.07 bits per heavy atom. The number of hydrogen-bond acceptors (Lipinski definition) is 3. The molecule has 0 fully saturated rings. The summed E-state index contributed by atoms with van der Waals surface area (Å²) >= 11 is 1.99. The summed E-state index contributed by atoms with van der Waals surface area (Å²) in [6.45, 7) is 4.07. The molecule has 2 N–H and O–H groups in total. The van der Waals surface area contributed by atoms with E-state index < -0.39 is 0 Å². The quantitative estimate of drug-likeness (QED) is 0.700. The Kier molecular flexibility index (Phi) is 5.71. The number of aromatic nitrogens is 2. The maximum Gasteiger partial charge on any atom is 0.0945 e. The molecule has 1 heterocycles. The molecule has 0 bridgehead atoms. The third kappa shape index (κ3) is 4.67. The fourth-order valence-corrected chi connectivity index (χ4v) is 2.16. The van der Waals surface area contributed by atoms with Crippen LogP contribution in [0.25, 0.3) is 0 Å². The smallest absolute Gasteiger partial charge is 0.0945 e. The Morgan fingerprint density at radius 2 is 2.43 bits per heavy atom. The van der Waals surface area contributed by atoms with Crippen molar-refractivity contribution >= 4 is 11.8 Å². The lowest BCUT2D eigenvalue weighted by Crippen LogP contribution is -2.13. The maximum atomic E-state index is 5.54. The van der Waals surface area contributed by atoms with Gasteiger partial charge in [0.1, 0.15) is 0 Å². The Hall–Kier alpha value is -0.480.